The van der Waals surface area contributed by atoms with Crippen LogP contribution in [0.5, 0.6) is 0 Å². The largest absolute Gasteiger partial charge is 0.322 e. The maximum atomic E-state index is 6.66. The Morgan fingerprint density at radius 1 is 1.22 bits per heavy atom. The van der Waals surface area contributed by atoms with Crippen LogP contribution >= 0.6 is 11.3 Å². The molecule has 0 bridgehead atoms. The molecular formula is C15H28N2S. The van der Waals surface area contributed by atoms with E-state index < -0.39 is 0 Å². The molecule has 2 nitrogen and oxygen atoms in total. The minimum Gasteiger partial charge on any atom is -0.322 e. The lowest BCUT2D eigenvalue weighted by molar-refractivity contribution is 0.0634. The van der Waals surface area contributed by atoms with Gasteiger partial charge in [-0.25, -0.2) is 0 Å². The van der Waals surface area contributed by atoms with E-state index in [0.717, 1.165) is 25.9 Å². The van der Waals surface area contributed by atoms with Crippen LogP contribution in [0.4, 0.5) is 0 Å². The van der Waals surface area contributed by atoms with Crippen LogP contribution in [0.25, 0.3) is 0 Å². The van der Waals surface area contributed by atoms with Crippen LogP contribution < -0.4 is 5.73 Å². The van der Waals surface area contributed by atoms with Gasteiger partial charge in [-0.05, 0) is 49.9 Å². The van der Waals surface area contributed by atoms with Crippen LogP contribution in [0.2, 0.25) is 0 Å². The van der Waals surface area contributed by atoms with Crippen molar-refractivity contribution in [2.75, 3.05) is 13.1 Å². The molecule has 1 heterocycles. The standard InChI is InChI=1S/C15H28N2S/c1-6-15(7-2,17(8-3)9-4)14(16)13-12(5)10-11-18-13/h10-11,14H,6-9,16H2,1-5H3. The second-order valence-corrected chi connectivity index (χ2v) is 5.88. The zero-order valence-corrected chi connectivity index (χ0v) is 13.3. The van der Waals surface area contributed by atoms with Gasteiger partial charge in [0.15, 0.2) is 0 Å². The summed E-state index contributed by atoms with van der Waals surface area (Å²) in [5.41, 5.74) is 8.10. The number of rotatable bonds is 7. The predicted molar refractivity (Wildman–Crippen MR) is 82.2 cm³/mol. The quantitative estimate of drug-likeness (QED) is 0.811. The molecule has 0 saturated carbocycles. The summed E-state index contributed by atoms with van der Waals surface area (Å²) >= 11 is 1.80. The Morgan fingerprint density at radius 3 is 2.11 bits per heavy atom. The highest BCUT2D eigenvalue weighted by molar-refractivity contribution is 7.10. The molecule has 0 amide bonds. The van der Waals surface area contributed by atoms with Crippen molar-refractivity contribution in [2.45, 2.75) is 59.0 Å². The zero-order chi connectivity index (χ0) is 13.8. The molecule has 1 aromatic heterocycles. The van der Waals surface area contributed by atoms with E-state index in [2.05, 4.69) is 51.0 Å². The molecule has 1 rings (SSSR count). The molecule has 1 unspecified atom stereocenters. The van der Waals surface area contributed by atoms with Crippen molar-refractivity contribution in [2.24, 2.45) is 5.73 Å². The molecule has 0 aromatic carbocycles. The van der Waals surface area contributed by atoms with Gasteiger partial charge in [0, 0.05) is 10.4 Å². The fraction of sp³-hybridized carbons (Fsp3) is 0.733. The van der Waals surface area contributed by atoms with Crippen LogP contribution in [-0.2, 0) is 0 Å². The average Bonchev–Trinajstić information content (AvgIpc) is 2.81. The summed E-state index contributed by atoms with van der Waals surface area (Å²) in [5.74, 6) is 0. The highest BCUT2D eigenvalue weighted by atomic mass is 32.1. The first-order valence-electron chi connectivity index (χ1n) is 7.11. The van der Waals surface area contributed by atoms with Gasteiger partial charge in [-0.3, -0.25) is 4.90 Å². The van der Waals surface area contributed by atoms with Crippen molar-refractivity contribution >= 4 is 11.3 Å². The molecule has 1 aromatic rings. The van der Waals surface area contributed by atoms with Gasteiger partial charge >= 0.3 is 0 Å². The van der Waals surface area contributed by atoms with Gasteiger partial charge in [-0.15, -0.1) is 11.3 Å². The molecule has 0 aliphatic rings. The average molecular weight is 268 g/mol. The SMILES string of the molecule is CCN(CC)C(CC)(CC)C(N)c1sccc1C. The summed E-state index contributed by atoms with van der Waals surface area (Å²) < 4.78 is 0. The van der Waals surface area contributed by atoms with E-state index in [0.29, 0.717) is 0 Å². The monoisotopic (exact) mass is 268 g/mol. The van der Waals surface area contributed by atoms with Crippen LogP contribution in [0.1, 0.15) is 57.0 Å². The highest BCUT2D eigenvalue weighted by Gasteiger charge is 2.39. The van der Waals surface area contributed by atoms with E-state index in [-0.39, 0.29) is 11.6 Å². The lowest BCUT2D eigenvalue weighted by Crippen LogP contribution is -2.54. The molecule has 1 atom stereocenters. The molecule has 0 spiro atoms. The molecule has 0 saturated heterocycles. The molecule has 0 radical (unpaired) electrons. The molecule has 104 valence electrons. The first-order valence-corrected chi connectivity index (χ1v) is 7.99. The Labute approximate surface area is 116 Å². The smallest absolute Gasteiger partial charge is 0.0579 e. The number of thiophene rings is 1. The second kappa shape index (κ2) is 6.69. The summed E-state index contributed by atoms with van der Waals surface area (Å²) in [5, 5.41) is 2.16. The maximum Gasteiger partial charge on any atom is 0.0579 e. The topological polar surface area (TPSA) is 29.3 Å². The third kappa shape index (κ3) is 2.63. The fourth-order valence-electron chi connectivity index (χ4n) is 3.13. The lowest BCUT2D eigenvalue weighted by Gasteiger charge is -2.46. The summed E-state index contributed by atoms with van der Waals surface area (Å²) in [6.45, 7) is 13.3. The third-order valence-corrected chi connectivity index (χ3v) is 5.48. The molecule has 0 aliphatic heterocycles. The molecule has 2 N–H and O–H groups in total. The first-order chi connectivity index (χ1) is 8.57. The van der Waals surface area contributed by atoms with Gasteiger partial charge in [-0.2, -0.15) is 0 Å². The van der Waals surface area contributed by atoms with Gasteiger partial charge in [0.2, 0.25) is 0 Å². The van der Waals surface area contributed by atoms with E-state index in [9.17, 15) is 0 Å². The van der Waals surface area contributed by atoms with Gasteiger partial charge in [0.1, 0.15) is 0 Å². The second-order valence-electron chi connectivity index (χ2n) is 4.93. The minimum atomic E-state index is 0.0963. The highest BCUT2D eigenvalue weighted by Crippen LogP contribution is 2.38. The van der Waals surface area contributed by atoms with E-state index >= 15 is 0 Å². The minimum absolute atomic E-state index is 0.0963. The van der Waals surface area contributed by atoms with Crippen molar-refractivity contribution in [3.63, 3.8) is 0 Å². The van der Waals surface area contributed by atoms with Crippen molar-refractivity contribution < 1.29 is 0 Å². The molecule has 3 heteroatoms. The normalized spacial score (nSPS) is 14.2. The van der Waals surface area contributed by atoms with Crippen LogP contribution in [0.15, 0.2) is 11.4 Å². The summed E-state index contributed by atoms with van der Waals surface area (Å²) in [7, 11) is 0. The fourth-order valence-corrected chi connectivity index (χ4v) is 4.17. The Kier molecular flexibility index (Phi) is 5.83. The van der Waals surface area contributed by atoms with E-state index in [1.807, 2.05) is 0 Å². The van der Waals surface area contributed by atoms with Gasteiger partial charge in [-0.1, -0.05) is 27.7 Å². The first kappa shape index (κ1) is 15.7. The van der Waals surface area contributed by atoms with E-state index in [4.69, 9.17) is 5.73 Å². The number of likely N-dealkylation sites (N-methyl/N-ethyl adjacent to an activating group) is 1. The maximum absolute atomic E-state index is 6.66. The Balaban J connectivity index is 3.15. The summed E-state index contributed by atoms with van der Waals surface area (Å²) in [6, 6.07) is 2.30. The third-order valence-electron chi connectivity index (χ3n) is 4.38. The van der Waals surface area contributed by atoms with Crippen LogP contribution in [0.3, 0.4) is 0 Å². The van der Waals surface area contributed by atoms with E-state index in [1.54, 1.807) is 11.3 Å². The van der Waals surface area contributed by atoms with Gasteiger partial charge < -0.3 is 5.73 Å². The molecular weight excluding hydrogens is 240 g/mol. The predicted octanol–water partition coefficient (Wildman–Crippen LogP) is 3.96. The molecule has 0 aliphatic carbocycles. The van der Waals surface area contributed by atoms with Gasteiger partial charge in [0.25, 0.3) is 0 Å². The zero-order valence-electron chi connectivity index (χ0n) is 12.5. The summed E-state index contributed by atoms with van der Waals surface area (Å²) in [4.78, 5) is 3.89. The van der Waals surface area contributed by atoms with Crippen molar-refractivity contribution in [3.8, 4) is 0 Å². The van der Waals surface area contributed by atoms with E-state index in [1.165, 1.54) is 10.4 Å². The summed E-state index contributed by atoms with van der Waals surface area (Å²) in [6.07, 6.45) is 2.20. The Hall–Kier alpha value is -0.380. The number of nitrogens with two attached hydrogens (primary N) is 1. The van der Waals surface area contributed by atoms with Crippen molar-refractivity contribution in [3.05, 3.63) is 21.9 Å². The van der Waals surface area contributed by atoms with Crippen LogP contribution in [-0.4, -0.2) is 23.5 Å². The lowest BCUT2D eigenvalue weighted by atomic mass is 9.81. The number of hydrogen-bond acceptors (Lipinski definition) is 3. The molecule has 18 heavy (non-hydrogen) atoms. The van der Waals surface area contributed by atoms with Crippen molar-refractivity contribution in [1.82, 2.24) is 4.90 Å². The number of aryl methyl sites for hydroxylation is 1. The number of nitrogens with zero attached hydrogens (tertiary/aromatic N) is 1. The Bertz CT molecular complexity index is 351. The Morgan fingerprint density at radius 2 is 1.78 bits per heavy atom. The number of hydrogen-bond donors (Lipinski definition) is 1. The van der Waals surface area contributed by atoms with Gasteiger partial charge in [0.05, 0.1) is 6.04 Å². The molecule has 0 fully saturated rings. The van der Waals surface area contributed by atoms with Crippen molar-refractivity contribution in [1.29, 1.82) is 0 Å². The van der Waals surface area contributed by atoms with Crippen LogP contribution in [0, 0.1) is 6.92 Å².